The van der Waals surface area contributed by atoms with Crippen molar-refractivity contribution in [3.8, 4) is 11.5 Å². The number of esters is 1. The van der Waals surface area contributed by atoms with E-state index in [1.807, 2.05) is 55.5 Å². The summed E-state index contributed by atoms with van der Waals surface area (Å²) in [5.41, 5.74) is 2.75. The Bertz CT molecular complexity index is 830. The van der Waals surface area contributed by atoms with Gasteiger partial charge in [-0.15, -0.1) is 0 Å². The second kappa shape index (κ2) is 13.5. The first-order chi connectivity index (χ1) is 15.5. The van der Waals surface area contributed by atoms with Gasteiger partial charge in [0.1, 0.15) is 17.5 Å². The molecule has 0 aliphatic heterocycles. The van der Waals surface area contributed by atoms with Gasteiger partial charge in [0.2, 0.25) is 0 Å². The summed E-state index contributed by atoms with van der Waals surface area (Å²) in [4.78, 5) is 13.1. The minimum Gasteiger partial charge on any atom is -0.497 e. The average Bonchev–Trinajstić information content (AvgIpc) is 2.83. The molecule has 0 aliphatic carbocycles. The van der Waals surface area contributed by atoms with Gasteiger partial charge >= 0.3 is 5.97 Å². The molecule has 2 aromatic rings. The molecule has 5 heteroatoms. The lowest BCUT2D eigenvalue weighted by atomic mass is 9.83. The minimum absolute atomic E-state index is 0.110. The topological polar surface area (TPSA) is 56.8 Å². The van der Waals surface area contributed by atoms with Gasteiger partial charge in [-0.2, -0.15) is 0 Å². The van der Waals surface area contributed by atoms with Crippen LogP contribution in [0.3, 0.4) is 0 Å². The number of unbranched alkanes of at least 4 members (excludes halogenated alkanes) is 3. The molecule has 1 N–H and O–H groups in total. The van der Waals surface area contributed by atoms with Gasteiger partial charge in [-0.1, -0.05) is 51.3 Å². The normalized spacial score (nSPS) is 12.5. The molecule has 0 radical (unpaired) electrons. The van der Waals surface area contributed by atoms with Crippen molar-refractivity contribution >= 4 is 17.2 Å². The van der Waals surface area contributed by atoms with Gasteiger partial charge < -0.3 is 19.5 Å². The van der Waals surface area contributed by atoms with Crippen molar-refractivity contribution in [1.29, 1.82) is 0 Å². The Morgan fingerprint density at radius 3 is 2.03 bits per heavy atom. The maximum absolute atomic E-state index is 13.1. The number of carbonyl (C=O) groups is 1. The zero-order valence-corrected chi connectivity index (χ0v) is 19.9. The molecule has 0 fully saturated rings. The Morgan fingerprint density at radius 2 is 1.50 bits per heavy atom. The van der Waals surface area contributed by atoms with Crippen molar-refractivity contribution < 1.29 is 19.0 Å². The zero-order valence-electron chi connectivity index (χ0n) is 19.9. The molecule has 0 aliphatic rings. The van der Waals surface area contributed by atoms with E-state index in [0.717, 1.165) is 54.0 Å². The van der Waals surface area contributed by atoms with Crippen LogP contribution >= 0.6 is 0 Å². The Balaban J connectivity index is 2.34. The van der Waals surface area contributed by atoms with Gasteiger partial charge in [0, 0.05) is 11.6 Å². The first kappa shape index (κ1) is 25.3. The summed E-state index contributed by atoms with van der Waals surface area (Å²) < 4.78 is 16.0. The molecular formula is C27H37NO4. The Kier molecular flexibility index (Phi) is 10.6. The molecule has 0 aromatic heterocycles. The maximum Gasteiger partial charge on any atom is 0.329 e. The summed E-state index contributed by atoms with van der Waals surface area (Å²) in [5.74, 6) is 1.18. The molecule has 2 atom stereocenters. The molecule has 0 bridgehead atoms. The standard InChI is InChI=1S/C27H37NO4/c1-6-8-9-10-11-25(20(3)21-12-16-23(30-4)17-13-21)26(27(29)32-7-2)28-22-14-18-24(31-5)19-15-22/h12-19,25-26,28H,3,6-11H2,1-2,4-5H3. The van der Waals surface area contributed by atoms with Crippen LogP contribution in [0.1, 0.15) is 51.5 Å². The van der Waals surface area contributed by atoms with Crippen molar-refractivity contribution in [1.82, 2.24) is 0 Å². The first-order valence-corrected chi connectivity index (χ1v) is 11.4. The highest BCUT2D eigenvalue weighted by Crippen LogP contribution is 2.33. The van der Waals surface area contributed by atoms with E-state index in [1.54, 1.807) is 14.2 Å². The van der Waals surface area contributed by atoms with E-state index >= 15 is 0 Å². The van der Waals surface area contributed by atoms with Crippen LogP contribution in [0, 0.1) is 5.92 Å². The fourth-order valence-electron chi connectivity index (χ4n) is 3.77. The minimum atomic E-state index is -0.542. The number of methoxy groups -OCH3 is 2. The summed E-state index contributed by atoms with van der Waals surface area (Å²) >= 11 is 0. The fraction of sp³-hybridized carbons (Fsp3) is 0.444. The van der Waals surface area contributed by atoms with Crippen molar-refractivity contribution in [2.45, 2.75) is 52.0 Å². The second-order valence-corrected chi connectivity index (χ2v) is 7.81. The average molecular weight is 440 g/mol. The number of hydrogen-bond donors (Lipinski definition) is 1. The fourth-order valence-corrected chi connectivity index (χ4v) is 3.77. The monoisotopic (exact) mass is 439 g/mol. The van der Waals surface area contributed by atoms with Crippen molar-refractivity contribution in [3.05, 3.63) is 60.7 Å². The molecule has 0 saturated heterocycles. The Labute approximate surface area is 192 Å². The molecule has 2 unspecified atom stereocenters. The van der Waals surface area contributed by atoms with E-state index in [2.05, 4.69) is 18.8 Å². The molecule has 0 spiro atoms. The molecule has 0 saturated carbocycles. The van der Waals surface area contributed by atoms with Gasteiger partial charge in [0.05, 0.1) is 20.8 Å². The third kappa shape index (κ3) is 7.33. The van der Waals surface area contributed by atoms with E-state index in [9.17, 15) is 4.79 Å². The van der Waals surface area contributed by atoms with E-state index in [-0.39, 0.29) is 11.9 Å². The van der Waals surface area contributed by atoms with Crippen LogP contribution in [-0.4, -0.2) is 32.8 Å². The Hall–Kier alpha value is -2.95. The molecule has 0 heterocycles. The zero-order chi connectivity index (χ0) is 23.3. The summed E-state index contributed by atoms with van der Waals surface area (Å²) in [6.45, 7) is 8.76. The summed E-state index contributed by atoms with van der Waals surface area (Å²) in [5, 5.41) is 3.41. The predicted molar refractivity (Wildman–Crippen MR) is 131 cm³/mol. The molecule has 0 amide bonds. The molecule has 2 rings (SSSR count). The Morgan fingerprint density at radius 1 is 0.906 bits per heavy atom. The lowest BCUT2D eigenvalue weighted by Crippen LogP contribution is -2.39. The second-order valence-electron chi connectivity index (χ2n) is 7.81. The van der Waals surface area contributed by atoms with Crippen molar-refractivity contribution in [2.75, 3.05) is 26.1 Å². The number of nitrogens with one attached hydrogen (secondary N) is 1. The highest BCUT2D eigenvalue weighted by molar-refractivity contribution is 5.84. The maximum atomic E-state index is 13.1. The smallest absolute Gasteiger partial charge is 0.329 e. The molecular weight excluding hydrogens is 402 g/mol. The quantitative estimate of drug-likeness (QED) is 0.275. The molecule has 2 aromatic carbocycles. The molecule has 32 heavy (non-hydrogen) atoms. The third-order valence-corrected chi connectivity index (χ3v) is 5.63. The SMILES string of the molecule is C=C(c1ccc(OC)cc1)C(CCCCCC)C(Nc1ccc(OC)cc1)C(=O)OCC. The van der Waals surface area contributed by atoms with Crippen LogP contribution in [-0.2, 0) is 9.53 Å². The third-order valence-electron chi connectivity index (χ3n) is 5.63. The number of carbonyl (C=O) groups excluding carboxylic acids is 1. The highest BCUT2D eigenvalue weighted by Gasteiger charge is 2.32. The van der Waals surface area contributed by atoms with E-state index in [0.29, 0.717) is 6.61 Å². The van der Waals surface area contributed by atoms with Gasteiger partial charge in [-0.3, -0.25) is 0 Å². The van der Waals surface area contributed by atoms with Gasteiger partial charge in [0.25, 0.3) is 0 Å². The summed E-state index contributed by atoms with van der Waals surface area (Å²) in [6.07, 6.45) is 5.33. The van der Waals surface area contributed by atoms with Crippen LogP contribution in [0.5, 0.6) is 11.5 Å². The van der Waals surface area contributed by atoms with Crippen molar-refractivity contribution in [2.24, 2.45) is 5.92 Å². The lowest BCUT2D eigenvalue weighted by Gasteiger charge is -2.29. The highest BCUT2D eigenvalue weighted by atomic mass is 16.5. The number of ether oxygens (including phenoxy) is 3. The molecule has 5 nitrogen and oxygen atoms in total. The molecule has 174 valence electrons. The van der Waals surface area contributed by atoms with Gasteiger partial charge in [-0.25, -0.2) is 4.79 Å². The van der Waals surface area contributed by atoms with Crippen LogP contribution in [0.4, 0.5) is 5.69 Å². The van der Waals surface area contributed by atoms with Crippen LogP contribution in [0.25, 0.3) is 5.57 Å². The number of hydrogen-bond acceptors (Lipinski definition) is 5. The van der Waals surface area contributed by atoms with Crippen LogP contribution < -0.4 is 14.8 Å². The number of rotatable bonds is 14. The number of anilines is 1. The number of benzene rings is 2. The van der Waals surface area contributed by atoms with E-state index in [1.165, 1.54) is 6.42 Å². The van der Waals surface area contributed by atoms with E-state index in [4.69, 9.17) is 14.2 Å². The van der Waals surface area contributed by atoms with Crippen LogP contribution in [0.15, 0.2) is 55.1 Å². The summed E-state index contributed by atoms with van der Waals surface area (Å²) in [7, 11) is 3.28. The summed E-state index contributed by atoms with van der Waals surface area (Å²) in [6, 6.07) is 14.9. The van der Waals surface area contributed by atoms with Gasteiger partial charge in [-0.05, 0) is 60.9 Å². The van der Waals surface area contributed by atoms with E-state index < -0.39 is 6.04 Å². The first-order valence-electron chi connectivity index (χ1n) is 11.4. The van der Waals surface area contributed by atoms with Crippen molar-refractivity contribution in [3.63, 3.8) is 0 Å². The largest absolute Gasteiger partial charge is 0.497 e. The lowest BCUT2D eigenvalue weighted by molar-refractivity contribution is -0.144. The van der Waals surface area contributed by atoms with Gasteiger partial charge in [0.15, 0.2) is 0 Å². The van der Waals surface area contributed by atoms with Crippen LogP contribution in [0.2, 0.25) is 0 Å². The predicted octanol–water partition coefficient (Wildman–Crippen LogP) is 6.35.